The molecule has 1 saturated heterocycles. The summed E-state index contributed by atoms with van der Waals surface area (Å²) in [5.41, 5.74) is -0.721. The third kappa shape index (κ3) is 5.77. The van der Waals surface area contributed by atoms with Crippen LogP contribution in [-0.4, -0.2) is 57.0 Å². The molecule has 2 unspecified atom stereocenters. The Morgan fingerprint density at radius 3 is 3.00 bits per heavy atom. The summed E-state index contributed by atoms with van der Waals surface area (Å²) in [6.45, 7) is 4.83. The fourth-order valence-corrected chi connectivity index (χ4v) is 1.58. The van der Waals surface area contributed by atoms with Gasteiger partial charge < -0.3 is 24.6 Å². The summed E-state index contributed by atoms with van der Waals surface area (Å²) >= 11 is 0. The normalized spacial score (nSPS) is 25.3. The molecule has 5 nitrogen and oxygen atoms in total. The molecule has 1 aliphatic rings. The van der Waals surface area contributed by atoms with Crippen LogP contribution in [0.3, 0.4) is 0 Å². The molecule has 1 aliphatic heterocycles. The van der Waals surface area contributed by atoms with Crippen LogP contribution in [0.15, 0.2) is 0 Å². The van der Waals surface area contributed by atoms with Crippen molar-refractivity contribution in [3.05, 3.63) is 0 Å². The lowest BCUT2D eigenvalue weighted by Gasteiger charge is -2.27. The maximum absolute atomic E-state index is 9.97. The van der Waals surface area contributed by atoms with Crippen molar-refractivity contribution in [3.8, 4) is 0 Å². The largest absolute Gasteiger partial charge is 0.389 e. The Kier molecular flexibility index (Phi) is 6.23. The summed E-state index contributed by atoms with van der Waals surface area (Å²) in [5.74, 6) is 0. The van der Waals surface area contributed by atoms with Crippen molar-refractivity contribution in [2.75, 3.05) is 40.2 Å². The highest BCUT2D eigenvalue weighted by Crippen LogP contribution is 2.09. The second kappa shape index (κ2) is 7.19. The van der Waals surface area contributed by atoms with Crippen LogP contribution in [0.2, 0.25) is 0 Å². The van der Waals surface area contributed by atoms with Gasteiger partial charge in [0.1, 0.15) is 6.79 Å². The first kappa shape index (κ1) is 13.9. The third-order valence-electron chi connectivity index (χ3n) is 2.69. The first-order valence-electron chi connectivity index (χ1n) is 5.75. The summed E-state index contributed by atoms with van der Waals surface area (Å²) in [5, 5.41) is 13.2. The van der Waals surface area contributed by atoms with Gasteiger partial charge in [0, 0.05) is 33.2 Å². The van der Waals surface area contributed by atoms with Crippen LogP contribution in [0.25, 0.3) is 0 Å². The van der Waals surface area contributed by atoms with E-state index in [0.717, 1.165) is 19.6 Å². The molecule has 1 rings (SSSR count). The number of hydrogen-bond donors (Lipinski definition) is 2. The van der Waals surface area contributed by atoms with E-state index >= 15 is 0 Å². The highest BCUT2D eigenvalue weighted by Gasteiger charge is 2.21. The zero-order chi connectivity index (χ0) is 11.9. The summed E-state index contributed by atoms with van der Waals surface area (Å²) in [6.07, 6.45) is 1.74. The molecule has 0 amide bonds. The Balaban J connectivity index is 2.08. The van der Waals surface area contributed by atoms with E-state index in [-0.39, 0.29) is 6.10 Å². The summed E-state index contributed by atoms with van der Waals surface area (Å²) in [7, 11) is 1.64. The lowest BCUT2D eigenvalue weighted by molar-refractivity contribution is -0.137. The molecule has 5 heteroatoms. The third-order valence-corrected chi connectivity index (χ3v) is 2.69. The van der Waals surface area contributed by atoms with Crippen molar-refractivity contribution in [2.45, 2.75) is 31.5 Å². The fraction of sp³-hybridized carbons (Fsp3) is 1.00. The Bertz CT molecular complexity index is 181. The Hall–Kier alpha value is -0.200. The van der Waals surface area contributed by atoms with E-state index in [0.29, 0.717) is 26.4 Å². The molecule has 1 heterocycles. The van der Waals surface area contributed by atoms with Gasteiger partial charge in [-0.25, -0.2) is 0 Å². The van der Waals surface area contributed by atoms with Gasteiger partial charge in [0.15, 0.2) is 0 Å². The lowest BCUT2D eigenvalue weighted by atomic mass is 10.0. The SMILES string of the molecule is COCCC(C)(O)CNCC1CCOCO1. The molecule has 0 aromatic carbocycles. The van der Waals surface area contributed by atoms with Crippen LogP contribution in [0, 0.1) is 0 Å². The molecule has 0 bridgehead atoms. The number of rotatable bonds is 7. The maximum atomic E-state index is 9.97. The Labute approximate surface area is 97.1 Å². The van der Waals surface area contributed by atoms with Crippen LogP contribution in [-0.2, 0) is 14.2 Å². The highest BCUT2D eigenvalue weighted by molar-refractivity contribution is 4.76. The second-order valence-corrected chi connectivity index (χ2v) is 4.47. The Morgan fingerprint density at radius 1 is 1.56 bits per heavy atom. The molecule has 0 aromatic heterocycles. The molecule has 0 saturated carbocycles. The van der Waals surface area contributed by atoms with E-state index in [9.17, 15) is 5.11 Å². The number of ether oxygens (including phenoxy) is 3. The van der Waals surface area contributed by atoms with Gasteiger partial charge in [-0.2, -0.15) is 0 Å². The fourth-order valence-electron chi connectivity index (χ4n) is 1.58. The molecule has 1 fully saturated rings. The topological polar surface area (TPSA) is 60.0 Å². The van der Waals surface area contributed by atoms with E-state index < -0.39 is 5.60 Å². The molecule has 2 atom stereocenters. The minimum atomic E-state index is -0.721. The number of aliphatic hydroxyl groups is 1. The molecule has 0 aromatic rings. The van der Waals surface area contributed by atoms with Crippen molar-refractivity contribution >= 4 is 0 Å². The van der Waals surface area contributed by atoms with E-state index in [1.54, 1.807) is 7.11 Å². The Morgan fingerprint density at radius 2 is 2.38 bits per heavy atom. The smallest absolute Gasteiger partial charge is 0.147 e. The number of hydrogen-bond acceptors (Lipinski definition) is 5. The molecular weight excluding hydrogens is 210 g/mol. The molecule has 2 N–H and O–H groups in total. The van der Waals surface area contributed by atoms with Crippen LogP contribution in [0.1, 0.15) is 19.8 Å². The van der Waals surface area contributed by atoms with Crippen molar-refractivity contribution in [1.29, 1.82) is 0 Å². The minimum Gasteiger partial charge on any atom is -0.389 e. The maximum Gasteiger partial charge on any atom is 0.147 e. The van der Waals surface area contributed by atoms with Gasteiger partial charge in [-0.3, -0.25) is 0 Å². The molecule has 0 radical (unpaired) electrons. The van der Waals surface area contributed by atoms with Crippen molar-refractivity contribution < 1.29 is 19.3 Å². The van der Waals surface area contributed by atoms with Gasteiger partial charge in [-0.1, -0.05) is 0 Å². The van der Waals surface area contributed by atoms with Gasteiger partial charge in [0.05, 0.1) is 18.3 Å². The van der Waals surface area contributed by atoms with Crippen molar-refractivity contribution in [1.82, 2.24) is 5.32 Å². The van der Waals surface area contributed by atoms with E-state index in [1.807, 2.05) is 6.92 Å². The van der Waals surface area contributed by atoms with E-state index in [1.165, 1.54) is 0 Å². The van der Waals surface area contributed by atoms with Gasteiger partial charge in [-0.15, -0.1) is 0 Å². The molecule has 96 valence electrons. The molecule has 16 heavy (non-hydrogen) atoms. The van der Waals surface area contributed by atoms with Crippen LogP contribution in [0.5, 0.6) is 0 Å². The van der Waals surface area contributed by atoms with Gasteiger partial charge in [0.25, 0.3) is 0 Å². The first-order chi connectivity index (χ1) is 7.64. The molecular formula is C11H23NO4. The predicted octanol–water partition coefficient (Wildman–Crippen LogP) is 0.127. The highest BCUT2D eigenvalue weighted by atomic mass is 16.7. The zero-order valence-electron chi connectivity index (χ0n) is 10.2. The lowest BCUT2D eigenvalue weighted by Crippen LogP contribution is -2.43. The quantitative estimate of drug-likeness (QED) is 0.654. The van der Waals surface area contributed by atoms with E-state index in [4.69, 9.17) is 14.2 Å². The van der Waals surface area contributed by atoms with Gasteiger partial charge in [-0.05, 0) is 13.3 Å². The number of methoxy groups -OCH3 is 1. The second-order valence-electron chi connectivity index (χ2n) is 4.47. The van der Waals surface area contributed by atoms with Crippen molar-refractivity contribution in [3.63, 3.8) is 0 Å². The minimum absolute atomic E-state index is 0.201. The summed E-state index contributed by atoms with van der Waals surface area (Å²) < 4.78 is 15.4. The zero-order valence-corrected chi connectivity index (χ0v) is 10.2. The molecule has 0 spiro atoms. The van der Waals surface area contributed by atoms with Crippen LogP contribution < -0.4 is 5.32 Å². The van der Waals surface area contributed by atoms with Crippen LogP contribution >= 0.6 is 0 Å². The number of nitrogens with one attached hydrogen (secondary N) is 1. The van der Waals surface area contributed by atoms with Crippen LogP contribution in [0.4, 0.5) is 0 Å². The monoisotopic (exact) mass is 233 g/mol. The summed E-state index contributed by atoms with van der Waals surface area (Å²) in [6, 6.07) is 0. The molecule has 0 aliphatic carbocycles. The average Bonchev–Trinajstić information content (AvgIpc) is 2.28. The standard InChI is InChI=1S/C11H23NO4/c1-11(13,4-6-14-2)8-12-7-10-3-5-15-9-16-10/h10,12-13H,3-9H2,1-2H3. The first-order valence-corrected chi connectivity index (χ1v) is 5.75. The average molecular weight is 233 g/mol. The van der Waals surface area contributed by atoms with Gasteiger partial charge in [0.2, 0.25) is 0 Å². The van der Waals surface area contributed by atoms with E-state index in [2.05, 4.69) is 5.32 Å². The predicted molar refractivity (Wildman–Crippen MR) is 60.3 cm³/mol. The van der Waals surface area contributed by atoms with Crippen molar-refractivity contribution in [2.24, 2.45) is 0 Å². The van der Waals surface area contributed by atoms with Gasteiger partial charge >= 0.3 is 0 Å². The summed E-state index contributed by atoms with van der Waals surface area (Å²) in [4.78, 5) is 0.